The predicted molar refractivity (Wildman–Crippen MR) is 99.5 cm³/mol. The Labute approximate surface area is 141 Å². The van der Waals surface area contributed by atoms with E-state index in [1.165, 1.54) is 21.2 Å². The number of fused-ring (bicyclic) bond motifs is 1. The maximum Gasteiger partial charge on any atom is 0.136 e. The van der Waals surface area contributed by atoms with Crippen LogP contribution in [0.2, 0.25) is 0 Å². The summed E-state index contributed by atoms with van der Waals surface area (Å²) in [4.78, 5) is 11.1. The first-order chi connectivity index (χ1) is 11.2. The Bertz CT molecular complexity index is 818. The van der Waals surface area contributed by atoms with Crippen molar-refractivity contribution in [1.82, 2.24) is 9.88 Å². The summed E-state index contributed by atoms with van der Waals surface area (Å²) in [7, 11) is 2.19. The molecular formula is C19H21N3S. The van der Waals surface area contributed by atoms with Crippen LogP contribution < -0.4 is 4.90 Å². The van der Waals surface area contributed by atoms with Gasteiger partial charge in [-0.3, -0.25) is 0 Å². The smallest absolute Gasteiger partial charge is 0.136 e. The third-order valence-electron chi connectivity index (χ3n) is 4.64. The highest BCUT2D eigenvalue weighted by atomic mass is 32.1. The lowest BCUT2D eigenvalue weighted by Gasteiger charge is -2.34. The van der Waals surface area contributed by atoms with Gasteiger partial charge in [0.05, 0.1) is 0 Å². The molecule has 0 spiro atoms. The number of piperazine rings is 1. The standard InChI is InChI=1S/C19H21N3S/c1-14-18(17-8-5-13-23-17)15-6-3-4-7-16(15)19(20-14)22-11-9-21(2)10-12-22/h3-8,13H,9-12H2,1-2H3. The Hall–Kier alpha value is -1.91. The summed E-state index contributed by atoms with van der Waals surface area (Å²) in [6.07, 6.45) is 0. The van der Waals surface area contributed by atoms with Gasteiger partial charge in [-0.2, -0.15) is 0 Å². The van der Waals surface area contributed by atoms with Gasteiger partial charge in [-0.1, -0.05) is 30.3 Å². The van der Waals surface area contributed by atoms with Gasteiger partial charge >= 0.3 is 0 Å². The molecule has 3 aromatic rings. The lowest BCUT2D eigenvalue weighted by atomic mass is 10.0. The van der Waals surface area contributed by atoms with Crippen LogP contribution in [0.3, 0.4) is 0 Å². The van der Waals surface area contributed by atoms with Gasteiger partial charge in [0.2, 0.25) is 0 Å². The van der Waals surface area contributed by atoms with E-state index in [9.17, 15) is 0 Å². The average molecular weight is 323 g/mol. The van der Waals surface area contributed by atoms with Crippen LogP contribution in [0.1, 0.15) is 5.69 Å². The lowest BCUT2D eigenvalue weighted by Crippen LogP contribution is -2.45. The summed E-state index contributed by atoms with van der Waals surface area (Å²) in [6.45, 7) is 6.43. The molecule has 3 heterocycles. The van der Waals surface area contributed by atoms with Crippen molar-refractivity contribution in [3.05, 3.63) is 47.5 Å². The molecule has 0 unspecified atom stereocenters. The number of aryl methyl sites for hydroxylation is 1. The molecule has 4 rings (SSSR count). The van der Waals surface area contributed by atoms with E-state index in [1.54, 1.807) is 11.3 Å². The zero-order chi connectivity index (χ0) is 15.8. The second-order valence-corrected chi connectivity index (χ2v) is 7.16. The van der Waals surface area contributed by atoms with Crippen LogP contribution in [-0.4, -0.2) is 43.1 Å². The molecular weight excluding hydrogens is 302 g/mol. The number of aromatic nitrogens is 1. The van der Waals surface area contributed by atoms with E-state index in [0.29, 0.717) is 0 Å². The van der Waals surface area contributed by atoms with Crippen LogP contribution in [0, 0.1) is 6.92 Å². The second-order valence-electron chi connectivity index (χ2n) is 6.21. The highest BCUT2D eigenvalue weighted by Gasteiger charge is 2.20. The van der Waals surface area contributed by atoms with E-state index in [1.807, 2.05) is 0 Å². The minimum absolute atomic E-state index is 1.05. The molecule has 2 aromatic heterocycles. The number of pyridine rings is 1. The Morgan fingerprint density at radius 3 is 2.39 bits per heavy atom. The minimum Gasteiger partial charge on any atom is -0.354 e. The highest BCUT2D eigenvalue weighted by molar-refractivity contribution is 7.13. The van der Waals surface area contributed by atoms with Crippen molar-refractivity contribution < 1.29 is 0 Å². The van der Waals surface area contributed by atoms with Crippen LogP contribution >= 0.6 is 11.3 Å². The lowest BCUT2D eigenvalue weighted by molar-refractivity contribution is 0.312. The van der Waals surface area contributed by atoms with Crippen molar-refractivity contribution in [2.45, 2.75) is 6.92 Å². The van der Waals surface area contributed by atoms with Gasteiger partial charge in [0.15, 0.2) is 0 Å². The number of thiophene rings is 1. The molecule has 118 valence electrons. The molecule has 0 aliphatic carbocycles. The monoisotopic (exact) mass is 323 g/mol. The van der Waals surface area contributed by atoms with E-state index in [4.69, 9.17) is 4.98 Å². The van der Waals surface area contributed by atoms with Crippen LogP contribution in [0.25, 0.3) is 21.2 Å². The molecule has 23 heavy (non-hydrogen) atoms. The van der Waals surface area contributed by atoms with Crippen molar-refractivity contribution in [3.8, 4) is 10.4 Å². The van der Waals surface area contributed by atoms with Crippen LogP contribution in [0.5, 0.6) is 0 Å². The third-order valence-corrected chi connectivity index (χ3v) is 5.53. The first-order valence-electron chi connectivity index (χ1n) is 8.11. The zero-order valence-corrected chi connectivity index (χ0v) is 14.4. The van der Waals surface area contributed by atoms with E-state index >= 15 is 0 Å². The maximum atomic E-state index is 5.02. The third kappa shape index (κ3) is 2.62. The fourth-order valence-electron chi connectivity index (χ4n) is 3.36. The molecule has 1 saturated heterocycles. The number of anilines is 1. The van der Waals surface area contributed by atoms with Gasteiger partial charge in [0.25, 0.3) is 0 Å². The number of likely N-dealkylation sites (N-methyl/N-ethyl adjacent to an activating group) is 1. The molecule has 1 aliphatic rings. The highest BCUT2D eigenvalue weighted by Crippen LogP contribution is 2.37. The fraction of sp³-hybridized carbons (Fsp3) is 0.316. The van der Waals surface area contributed by atoms with Gasteiger partial charge in [-0.25, -0.2) is 4.98 Å². The predicted octanol–water partition coefficient (Wildman–Crippen LogP) is 4.02. The molecule has 0 N–H and O–H groups in total. The number of rotatable bonds is 2. The second kappa shape index (κ2) is 5.95. The summed E-state index contributed by atoms with van der Waals surface area (Å²) in [6, 6.07) is 13.0. The number of nitrogens with zero attached hydrogens (tertiary/aromatic N) is 3. The first kappa shape index (κ1) is 14.7. The van der Waals surface area contributed by atoms with E-state index in [2.05, 4.69) is 65.5 Å². The SMILES string of the molecule is Cc1nc(N2CCN(C)CC2)c2ccccc2c1-c1cccs1. The molecule has 0 radical (unpaired) electrons. The van der Waals surface area contributed by atoms with Crippen molar-refractivity contribution in [2.24, 2.45) is 0 Å². The zero-order valence-electron chi connectivity index (χ0n) is 13.6. The van der Waals surface area contributed by atoms with Gasteiger partial charge in [0.1, 0.15) is 5.82 Å². The van der Waals surface area contributed by atoms with E-state index in [-0.39, 0.29) is 0 Å². The summed E-state index contributed by atoms with van der Waals surface area (Å²) in [5, 5.41) is 4.72. The van der Waals surface area contributed by atoms with Crippen LogP contribution in [0.4, 0.5) is 5.82 Å². The Balaban J connectivity index is 1.89. The van der Waals surface area contributed by atoms with Gasteiger partial charge < -0.3 is 9.80 Å². The molecule has 0 atom stereocenters. The summed E-state index contributed by atoms with van der Waals surface area (Å²) < 4.78 is 0. The van der Waals surface area contributed by atoms with Crippen molar-refractivity contribution in [1.29, 1.82) is 0 Å². The number of benzene rings is 1. The Morgan fingerprint density at radius 2 is 1.70 bits per heavy atom. The van der Waals surface area contributed by atoms with Crippen molar-refractivity contribution in [3.63, 3.8) is 0 Å². The number of hydrogen-bond acceptors (Lipinski definition) is 4. The van der Waals surface area contributed by atoms with Crippen molar-refractivity contribution >= 4 is 27.9 Å². The first-order valence-corrected chi connectivity index (χ1v) is 8.99. The molecule has 0 bridgehead atoms. The van der Waals surface area contributed by atoms with E-state index < -0.39 is 0 Å². The largest absolute Gasteiger partial charge is 0.354 e. The van der Waals surface area contributed by atoms with Gasteiger partial charge in [-0.05, 0) is 30.8 Å². The summed E-state index contributed by atoms with van der Waals surface area (Å²) in [5.41, 5.74) is 2.41. The summed E-state index contributed by atoms with van der Waals surface area (Å²) in [5.74, 6) is 1.14. The normalized spacial score (nSPS) is 16.2. The van der Waals surface area contributed by atoms with Crippen LogP contribution in [-0.2, 0) is 0 Å². The average Bonchev–Trinajstić information content (AvgIpc) is 3.09. The Kier molecular flexibility index (Phi) is 3.79. The molecule has 3 nitrogen and oxygen atoms in total. The molecule has 1 fully saturated rings. The van der Waals surface area contributed by atoms with Crippen LogP contribution in [0.15, 0.2) is 41.8 Å². The van der Waals surface area contributed by atoms with Gasteiger partial charge in [0, 0.05) is 47.7 Å². The molecule has 1 aliphatic heterocycles. The molecule has 4 heteroatoms. The quantitative estimate of drug-likeness (QED) is 0.710. The molecule has 0 saturated carbocycles. The van der Waals surface area contributed by atoms with Gasteiger partial charge in [-0.15, -0.1) is 11.3 Å². The Morgan fingerprint density at radius 1 is 0.957 bits per heavy atom. The fourth-order valence-corrected chi connectivity index (χ4v) is 4.19. The molecule has 0 amide bonds. The maximum absolute atomic E-state index is 5.02. The van der Waals surface area contributed by atoms with Crippen molar-refractivity contribution in [2.75, 3.05) is 38.1 Å². The topological polar surface area (TPSA) is 19.4 Å². The minimum atomic E-state index is 1.05. The van der Waals surface area contributed by atoms with E-state index in [0.717, 1.165) is 37.7 Å². The molecule has 1 aromatic carbocycles. The number of hydrogen-bond donors (Lipinski definition) is 0. The summed E-state index contributed by atoms with van der Waals surface area (Å²) >= 11 is 1.79.